The Bertz CT molecular complexity index is 868. The summed E-state index contributed by atoms with van der Waals surface area (Å²) in [5.74, 6) is -1.29. The van der Waals surface area contributed by atoms with E-state index < -0.39 is 17.8 Å². The molecule has 3 rings (SSSR count). The van der Waals surface area contributed by atoms with E-state index in [4.69, 9.17) is 4.74 Å². The van der Waals surface area contributed by atoms with Gasteiger partial charge >= 0.3 is 0 Å². The molecule has 160 valence electrons. The van der Waals surface area contributed by atoms with Crippen molar-refractivity contribution in [2.45, 2.75) is 38.6 Å². The summed E-state index contributed by atoms with van der Waals surface area (Å²) in [7, 11) is 0. The Kier molecular flexibility index (Phi) is 7.65. The minimum absolute atomic E-state index is 0.00266. The highest BCUT2D eigenvalue weighted by molar-refractivity contribution is 5.97. The number of anilines is 2. The van der Waals surface area contributed by atoms with Crippen LogP contribution in [-0.2, 0) is 9.59 Å². The van der Waals surface area contributed by atoms with Crippen LogP contribution in [0.25, 0.3) is 0 Å². The van der Waals surface area contributed by atoms with Crippen LogP contribution in [0.5, 0.6) is 5.75 Å². The number of nitrogens with zero attached hydrogens (tertiary/aromatic N) is 1. The minimum atomic E-state index is -0.692. The predicted molar refractivity (Wildman–Crippen MR) is 115 cm³/mol. The fourth-order valence-electron chi connectivity index (χ4n) is 3.48. The first-order chi connectivity index (χ1) is 14.6. The van der Waals surface area contributed by atoms with Gasteiger partial charge < -0.3 is 20.3 Å². The van der Waals surface area contributed by atoms with E-state index in [2.05, 4.69) is 15.5 Å². The van der Waals surface area contributed by atoms with Gasteiger partial charge in [-0.25, -0.2) is 4.39 Å². The van der Waals surface area contributed by atoms with Crippen molar-refractivity contribution in [3.8, 4) is 5.75 Å². The van der Waals surface area contributed by atoms with E-state index in [0.717, 1.165) is 25.2 Å². The van der Waals surface area contributed by atoms with E-state index in [1.54, 1.807) is 12.1 Å². The van der Waals surface area contributed by atoms with Gasteiger partial charge in [-0.05, 0) is 49.6 Å². The third-order valence-corrected chi connectivity index (χ3v) is 5.01. The lowest BCUT2D eigenvalue weighted by Gasteiger charge is -2.20. The second kappa shape index (κ2) is 10.6. The molecular weight excluding hydrogens is 385 g/mol. The van der Waals surface area contributed by atoms with Crippen LogP contribution in [0.2, 0.25) is 0 Å². The van der Waals surface area contributed by atoms with Crippen LogP contribution >= 0.6 is 0 Å². The van der Waals surface area contributed by atoms with Crippen molar-refractivity contribution >= 4 is 23.2 Å². The van der Waals surface area contributed by atoms with E-state index in [1.165, 1.54) is 25.0 Å². The monoisotopic (exact) mass is 413 g/mol. The van der Waals surface area contributed by atoms with Crippen LogP contribution in [0.4, 0.5) is 15.8 Å². The first-order valence-electron chi connectivity index (χ1n) is 10.4. The van der Waals surface area contributed by atoms with E-state index in [-0.39, 0.29) is 18.3 Å². The number of benzene rings is 2. The van der Waals surface area contributed by atoms with Crippen LogP contribution in [-0.4, -0.2) is 37.6 Å². The number of hydrogen-bond acceptors (Lipinski definition) is 4. The van der Waals surface area contributed by atoms with Gasteiger partial charge in [-0.1, -0.05) is 31.5 Å². The van der Waals surface area contributed by atoms with Crippen LogP contribution in [0.3, 0.4) is 0 Å². The molecule has 30 heavy (non-hydrogen) atoms. The molecule has 0 aromatic heterocycles. The molecule has 2 N–H and O–H groups in total. The van der Waals surface area contributed by atoms with E-state index in [1.807, 2.05) is 31.2 Å². The normalized spacial score (nSPS) is 14.3. The number of carbonyl (C=O) groups excluding carboxylic acids is 2. The number of rotatable bonds is 9. The maximum Gasteiger partial charge on any atom is 0.258 e. The summed E-state index contributed by atoms with van der Waals surface area (Å²) in [6, 6.07) is 12.9. The predicted octanol–water partition coefficient (Wildman–Crippen LogP) is 3.73. The number of hydrogen-bond donors (Lipinski definition) is 2. The fourth-order valence-corrected chi connectivity index (χ4v) is 3.48. The van der Waals surface area contributed by atoms with Gasteiger partial charge in [0.05, 0.1) is 0 Å². The number of halogens is 1. The van der Waals surface area contributed by atoms with Crippen LogP contribution in [0, 0.1) is 5.82 Å². The molecule has 2 aromatic rings. The first-order valence-corrected chi connectivity index (χ1v) is 10.4. The number of amides is 2. The molecule has 1 aliphatic rings. The van der Waals surface area contributed by atoms with Gasteiger partial charge in [0, 0.05) is 24.5 Å². The molecule has 0 radical (unpaired) electrons. The molecule has 0 saturated carbocycles. The number of nitrogens with one attached hydrogen (secondary N) is 2. The lowest BCUT2D eigenvalue weighted by molar-refractivity contribution is -0.128. The smallest absolute Gasteiger partial charge is 0.258 e. The Hall–Kier alpha value is -3.09. The maximum absolute atomic E-state index is 13.6. The SMILES string of the molecule is CCCC(NC(=O)COc1ccccc1F)C(=O)Nc1cccc(N2CCCC2)c1. The standard InChI is InChI=1S/C23H28FN3O3/c1-2-8-20(26-22(28)16-30-21-12-4-3-11-19(21)24)23(29)25-17-9-7-10-18(15-17)27-13-5-6-14-27/h3-4,7,9-12,15,20H,2,5-6,8,13-14,16H2,1H3,(H,25,29)(H,26,28). The second-order valence-electron chi connectivity index (χ2n) is 7.36. The van der Waals surface area contributed by atoms with E-state index in [0.29, 0.717) is 12.1 Å². The molecular formula is C23H28FN3O3. The average Bonchev–Trinajstić information content (AvgIpc) is 3.28. The van der Waals surface area contributed by atoms with Crippen molar-refractivity contribution in [3.05, 3.63) is 54.3 Å². The Morgan fingerprint density at radius 1 is 1.13 bits per heavy atom. The molecule has 1 fully saturated rings. The summed E-state index contributed by atoms with van der Waals surface area (Å²) in [5, 5.41) is 5.59. The maximum atomic E-state index is 13.6. The lowest BCUT2D eigenvalue weighted by Crippen LogP contribution is -2.45. The van der Waals surface area contributed by atoms with Crippen molar-refractivity contribution in [2.75, 3.05) is 29.9 Å². The van der Waals surface area contributed by atoms with Crippen molar-refractivity contribution in [2.24, 2.45) is 0 Å². The van der Waals surface area contributed by atoms with Crippen LogP contribution < -0.4 is 20.3 Å². The summed E-state index contributed by atoms with van der Waals surface area (Å²) in [5.41, 5.74) is 1.78. The molecule has 7 heteroatoms. The molecule has 2 amide bonds. The number of carbonyl (C=O) groups is 2. The van der Waals surface area contributed by atoms with Crippen molar-refractivity contribution in [1.29, 1.82) is 0 Å². The van der Waals surface area contributed by atoms with E-state index in [9.17, 15) is 14.0 Å². The summed E-state index contributed by atoms with van der Waals surface area (Å²) < 4.78 is 18.8. The van der Waals surface area contributed by atoms with Gasteiger partial charge in [-0.3, -0.25) is 9.59 Å². The summed E-state index contributed by atoms with van der Waals surface area (Å²) >= 11 is 0. The quantitative estimate of drug-likeness (QED) is 0.657. The van der Waals surface area contributed by atoms with Crippen molar-refractivity contribution < 1.29 is 18.7 Å². The minimum Gasteiger partial charge on any atom is -0.481 e. The Labute approximate surface area is 176 Å². The summed E-state index contributed by atoms with van der Waals surface area (Å²) in [4.78, 5) is 27.3. The molecule has 2 aromatic carbocycles. The van der Waals surface area contributed by atoms with Crippen LogP contribution in [0.15, 0.2) is 48.5 Å². The van der Waals surface area contributed by atoms with Gasteiger partial charge in [-0.2, -0.15) is 0 Å². The molecule has 1 atom stereocenters. The molecule has 0 spiro atoms. The number of ether oxygens (including phenoxy) is 1. The molecule has 6 nitrogen and oxygen atoms in total. The summed E-state index contributed by atoms with van der Waals surface area (Å²) in [6.07, 6.45) is 3.57. The molecule has 1 saturated heterocycles. The Morgan fingerprint density at radius 3 is 2.63 bits per heavy atom. The third-order valence-electron chi connectivity index (χ3n) is 5.01. The molecule has 1 heterocycles. The van der Waals surface area contributed by atoms with Crippen LogP contribution in [0.1, 0.15) is 32.6 Å². The zero-order valence-electron chi connectivity index (χ0n) is 17.2. The lowest BCUT2D eigenvalue weighted by atomic mass is 10.1. The molecule has 0 bridgehead atoms. The van der Waals surface area contributed by atoms with Crippen molar-refractivity contribution in [3.63, 3.8) is 0 Å². The topological polar surface area (TPSA) is 70.7 Å². The highest BCUT2D eigenvalue weighted by atomic mass is 19.1. The van der Waals surface area contributed by atoms with Crippen molar-refractivity contribution in [1.82, 2.24) is 5.32 Å². The molecule has 1 unspecified atom stereocenters. The number of para-hydroxylation sites is 1. The van der Waals surface area contributed by atoms with Gasteiger partial charge in [0.15, 0.2) is 18.2 Å². The molecule has 0 aliphatic carbocycles. The second-order valence-corrected chi connectivity index (χ2v) is 7.36. The fraction of sp³-hybridized carbons (Fsp3) is 0.391. The zero-order chi connectivity index (χ0) is 21.3. The average molecular weight is 413 g/mol. The van der Waals surface area contributed by atoms with Gasteiger partial charge in [0.25, 0.3) is 5.91 Å². The van der Waals surface area contributed by atoms with E-state index >= 15 is 0 Å². The molecule has 1 aliphatic heterocycles. The highest BCUT2D eigenvalue weighted by Crippen LogP contribution is 2.23. The first kappa shape index (κ1) is 21.6. The highest BCUT2D eigenvalue weighted by Gasteiger charge is 2.21. The largest absolute Gasteiger partial charge is 0.481 e. The summed E-state index contributed by atoms with van der Waals surface area (Å²) in [6.45, 7) is 3.62. The van der Waals surface area contributed by atoms with Gasteiger partial charge in [-0.15, -0.1) is 0 Å². The Morgan fingerprint density at radius 2 is 1.90 bits per heavy atom. The van der Waals surface area contributed by atoms with Gasteiger partial charge in [0.2, 0.25) is 5.91 Å². The zero-order valence-corrected chi connectivity index (χ0v) is 17.2. The van der Waals surface area contributed by atoms with Gasteiger partial charge in [0.1, 0.15) is 6.04 Å². The third kappa shape index (κ3) is 5.95. The Balaban J connectivity index is 1.57.